The van der Waals surface area contributed by atoms with Gasteiger partial charge in [-0.05, 0) is 13.3 Å². The van der Waals surface area contributed by atoms with E-state index in [-0.39, 0.29) is 17.6 Å². The van der Waals surface area contributed by atoms with Crippen molar-refractivity contribution >= 4 is 5.91 Å². The van der Waals surface area contributed by atoms with Crippen molar-refractivity contribution in [3.8, 4) is 0 Å². The van der Waals surface area contributed by atoms with Gasteiger partial charge in [0.05, 0.1) is 12.4 Å². The molecule has 1 atom stereocenters. The largest absolute Gasteiger partial charge is 0.446 e. The molecule has 0 aromatic carbocycles. The standard InChI is InChI=1S/C12H17N5O2/c1-9(13)12-16-10(7-19-12)11(18)15-3-2-5-17-6-4-14-8-17/h4,6-9H,2-3,5,13H2,1H3,(H,15,18). The summed E-state index contributed by atoms with van der Waals surface area (Å²) in [4.78, 5) is 19.7. The quantitative estimate of drug-likeness (QED) is 0.748. The van der Waals surface area contributed by atoms with Crippen LogP contribution in [-0.4, -0.2) is 27.0 Å². The van der Waals surface area contributed by atoms with Crippen LogP contribution in [-0.2, 0) is 6.54 Å². The molecule has 102 valence electrons. The Kier molecular flexibility index (Phi) is 4.30. The van der Waals surface area contributed by atoms with E-state index in [9.17, 15) is 4.79 Å². The fourth-order valence-corrected chi connectivity index (χ4v) is 1.57. The van der Waals surface area contributed by atoms with Crippen molar-refractivity contribution in [2.45, 2.75) is 25.9 Å². The van der Waals surface area contributed by atoms with Crippen LogP contribution in [0, 0.1) is 0 Å². The van der Waals surface area contributed by atoms with Crippen LogP contribution in [0.3, 0.4) is 0 Å². The summed E-state index contributed by atoms with van der Waals surface area (Å²) in [6.45, 7) is 3.13. The lowest BCUT2D eigenvalue weighted by atomic mass is 10.3. The zero-order chi connectivity index (χ0) is 13.7. The number of hydrogen-bond acceptors (Lipinski definition) is 5. The van der Waals surface area contributed by atoms with Gasteiger partial charge in [0.1, 0.15) is 6.26 Å². The molecule has 7 heteroatoms. The SMILES string of the molecule is CC(N)c1nc(C(=O)NCCCn2ccnc2)co1. The van der Waals surface area contributed by atoms with E-state index in [1.807, 2.05) is 10.8 Å². The fourth-order valence-electron chi connectivity index (χ4n) is 1.57. The summed E-state index contributed by atoms with van der Waals surface area (Å²) in [5.74, 6) is 0.116. The third-order valence-corrected chi connectivity index (χ3v) is 2.58. The molecule has 1 unspecified atom stereocenters. The average molecular weight is 263 g/mol. The van der Waals surface area contributed by atoms with E-state index >= 15 is 0 Å². The van der Waals surface area contributed by atoms with Gasteiger partial charge in [-0.25, -0.2) is 9.97 Å². The number of amides is 1. The van der Waals surface area contributed by atoms with Crippen molar-refractivity contribution in [2.75, 3.05) is 6.54 Å². The van der Waals surface area contributed by atoms with E-state index in [1.165, 1.54) is 6.26 Å². The number of carbonyl (C=O) groups is 1. The summed E-state index contributed by atoms with van der Waals surface area (Å²) in [6, 6.07) is -0.317. The molecular weight excluding hydrogens is 246 g/mol. The Morgan fingerprint density at radius 1 is 1.63 bits per heavy atom. The maximum absolute atomic E-state index is 11.7. The van der Waals surface area contributed by atoms with Gasteiger partial charge in [-0.1, -0.05) is 0 Å². The smallest absolute Gasteiger partial charge is 0.273 e. The van der Waals surface area contributed by atoms with Gasteiger partial charge < -0.3 is 20.0 Å². The van der Waals surface area contributed by atoms with Gasteiger partial charge >= 0.3 is 0 Å². The summed E-state index contributed by atoms with van der Waals surface area (Å²) in [5, 5.41) is 2.78. The van der Waals surface area contributed by atoms with Gasteiger partial charge in [0.25, 0.3) is 5.91 Å². The maximum Gasteiger partial charge on any atom is 0.273 e. The highest BCUT2D eigenvalue weighted by molar-refractivity contribution is 5.91. The number of imidazole rings is 1. The van der Waals surface area contributed by atoms with E-state index in [0.717, 1.165) is 13.0 Å². The Labute approximate surface area is 110 Å². The molecule has 2 aromatic heterocycles. The molecule has 0 saturated heterocycles. The molecule has 19 heavy (non-hydrogen) atoms. The normalized spacial score (nSPS) is 12.3. The third-order valence-electron chi connectivity index (χ3n) is 2.58. The number of aromatic nitrogens is 3. The second-order valence-electron chi connectivity index (χ2n) is 4.27. The highest BCUT2D eigenvalue weighted by Gasteiger charge is 2.13. The van der Waals surface area contributed by atoms with E-state index in [2.05, 4.69) is 15.3 Å². The molecule has 3 N–H and O–H groups in total. The molecule has 0 fully saturated rings. The van der Waals surface area contributed by atoms with Crippen LogP contribution < -0.4 is 11.1 Å². The minimum absolute atomic E-state index is 0.249. The first-order valence-corrected chi connectivity index (χ1v) is 6.12. The first-order valence-electron chi connectivity index (χ1n) is 6.12. The monoisotopic (exact) mass is 263 g/mol. The number of nitrogens with two attached hydrogens (primary N) is 1. The van der Waals surface area contributed by atoms with Crippen LogP contribution in [0.1, 0.15) is 35.8 Å². The summed E-state index contributed by atoms with van der Waals surface area (Å²) >= 11 is 0. The molecule has 0 aliphatic carbocycles. The summed E-state index contributed by atoms with van der Waals surface area (Å²) in [5.41, 5.74) is 5.87. The van der Waals surface area contributed by atoms with Crippen LogP contribution >= 0.6 is 0 Å². The summed E-state index contributed by atoms with van der Waals surface area (Å²) in [7, 11) is 0. The van der Waals surface area contributed by atoms with Gasteiger partial charge in [-0.3, -0.25) is 4.79 Å². The zero-order valence-electron chi connectivity index (χ0n) is 10.7. The van der Waals surface area contributed by atoms with Gasteiger partial charge in [-0.2, -0.15) is 0 Å². The number of rotatable bonds is 6. The van der Waals surface area contributed by atoms with E-state index < -0.39 is 0 Å². The maximum atomic E-state index is 11.7. The lowest BCUT2D eigenvalue weighted by Gasteiger charge is -2.03. The van der Waals surface area contributed by atoms with E-state index in [1.54, 1.807) is 19.4 Å². The van der Waals surface area contributed by atoms with Crippen molar-refractivity contribution in [2.24, 2.45) is 5.73 Å². The second kappa shape index (κ2) is 6.14. The van der Waals surface area contributed by atoms with Gasteiger partial charge in [0.2, 0.25) is 5.89 Å². The lowest BCUT2D eigenvalue weighted by molar-refractivity contribution is 0.0947. The molecule has 2 rings (SSSR count). The van der Waals surface area contributed by atoms with Crippen LogP contribution in [0.5, 0.6) is 0 Å². The van der Waals surface area contributed by atoms with Crippen LogP contribution in [0.15, 0.2) is 29.4 Å². The first-order chi connectivity index (χ1) is 9.16. The molecule has 1 amide bonds. The fraction of sp³-hybridized carbons (Fsp3) is 0.417. The topological polar surface area (TPSA) is 99.0 Å². The minimum atomic E-state index is -0.317. The molecule has 0 bridgehead atoms. The van der Waals surface area contributed by atoms with Crippen LogP contribution in [0.25, 0.3) is 0 Å². The Balaban J connectivity index is 1.74. The molecule has 0 saturated carbocycles. The van der Waals surface area contributed by atoms with Crippen molar-refractivity contribution < 1.29 is 9.21 Å². The molecule has 0 aliphatic heterocycles. The Bertz CT molecular complexity index is 518. The average Bonchev–Trinajstić information content (AvgIpc) is 3.05. The predicted molar refractivity (Wildman–Crippen MR) is 68.3 cm³/mol. The Hall–Kier alpha value is -2.15. The van der Waals surface area contributed by atoms with Crippen LogP contribution in [0.2, 0.25) is 0 Å². The van der Waals surface area contributed by atoms with Gasteiger partial charge in [0, 0.05) is 25.5 Å². The number of carbonyl (C=O) groups excluding carboxylic acids is 1. The predicted octanol–water partition coefficient (Wildman–Crippen LogP) is 0.711. The molecule has 2 aromatic rings. The van der Waals surface area contributed by atoms with Crippen molar-refractivity contribution in [1.82, 2.24) is 19.9 Å². The zero-order valence-corrected chi connectivity index (χ0v) is 10.7. The number of oxazole rings is 1. The summed E-state index contributed by atoms with van der Waals surface area (Å²) in [6.07, 6.45) is 7.50. The summed E-state index contributed by atoms with van der Waals surface area (Å²) < 4.78 is 7.06. The Morgan fingerprint density at radius 2 is 2.47 bits per heavy atom. The lowest BCUT2D eigenvalue weighted by Crippen LogP contribution is -2.25. The number of aryl methyl sites for hydroxylation is 1. The van der Waals surface area contributed by atoms with E-state index in [4.69, 9.17) is 10.2 Å². The second-order valence-corrected chi connectivity index (χ2v) is 4.27. The number of nitrogens with zero attached hydrogens (tertiary/aromatic N) is 3. The molecule has 0 spiro atoms. The molecule has 2 heterocycles. The first kappa shape index (κ1) is 13.3. The van der Waals surface area contributed by atoms with E-state index in [0.29, 0.717) is 12.4 Å². The molecular formula is C12H17N5O2. The van der Waals surface area contributed by atoms with Crippen molar-refractivity contribution in [3.63, 3.8) is 0 Å². The molecule has 0 aliphatic rings. The molecule has 7 nitrogen and oxygen atoms in total. The van der Waals surface area contributed by atoms with Gasteiger partial charge in [0.15, 0.2) is 5.69 Å². The number of nitrogens with one attached hydrogen (secondary N) is 1. The van der Waals surface area contributed by atoms with Crippen LogP contribution in [0.4, 0.5) is 0 Å². The minimum Gasteiger partial charge on any atom is -0.446 e. The van der Waals surface area contributed by atoms with Crippen molar-refractivity contribution in [3.05, 3.63) is 36.6 Å². The van der Waals surface area contributed by atoms with Crippen molar-refractivity contribution in [1.29, 1.82) is 0 Å². The Morgan fingerprint density at radius 3 is 3.11 bits per heavy atom. The molecule has 0 radical (unpaired) electrons. The third kappa shape index (κ3) is 3.65. The highest BCUT2D eigenvalue weighted by Crippen LogP contribution is 2.08. The number of hydrogen-bond donors (Lipinski definition) is 2. The van der Waals surface area contributed by atoms with Gasteiger partial charge in [-0.15, -0.1) is 0 Å². The highest BCUT2D eigenvalue weighted by atomic mass is 16.3.